The summed E-state index contributed by atoms with van der Waals surface area (Å²) in [5.41, 5.74) is 5.95. The number of carbonyl (C=O) groups excluding carboxylic acids is 1. The molecule has 1 amide bonds. The fourth-order valence-corrected chi connectivity index (χ4v) is 3.29. The molecular formula is C20H16Cl2N4O3. The zero-order chi connectivity index (χ0) is 21.1. The van der Waals surface area contributed by atoms with E-state index in [2.05, 4.69) is 10.5 Å². The molecule has 1 N–H and O–H groups in total. The first-order chi connectivity index (χ1) is 13.8. The summed E-state index contributed by atoms with van der Waals surface area (Å²) in [6.45, 7) is 3.83. The molecule has 3 aromatic rings. The summed E-state index contributed by atoms with van der Waals surface area (Å²) >= 11 is 12.5. The number of rotatable bonds is 5. The Labute approximate surface area is 176 Å². The van der Waals surface area contributed by atoms with Crippen LogP contribution in [0.15, 0.2) is 53.6 Å². The summed E-state index contributed by atoms with van der Waals surface area (Å²) in [6, 6.07) is 12.6. The van der Waals surface area contributed by atoms with Gasteiger partial charge >= 0.3 is 0 Å². The molecule has 0 aliphatic carbocycles. The van der Waals surface area contributed by atoms with Crippen molar-refractivity contribution in [3.05, 3.63) is 91.2 Å². The van der Waals surface area contributed by atoms with Crippen molar-refractivity contribution in [3.8, 4) is 5.69 Å². The Morgan fingerprint density at radius 3 is 2.52 bits per heavy atom. The van der Waals surface area contributed by atoms with Crippen molar-refractivity contribution in [3.63, 3.8) is 0 Å². The molecular weight excluding hydrogens is 415 g/mol. The lowest BCUT2D eigenvalue weighted by atomic mass is 10.2. The van der Waals surface area contributed by atoms with Crippen LogP contribution in [0.3, 0.4) is 0 Å². The Morgan fingerprint density at radius 1 is 1.17 bits per heavy atom. The maximum Gasteiger partial charge on any atom is 0.271 e. The monoisotopic (exact) mass is 430 g/mol. The number of nitrogens with one attached hydrogen (secondary N) is 1. The van der Waals surface area contributed by atoms with Gasteiger partial charge in [-0.25, -0.2) is 5.43 Å². The van der Waals surface area contributed by atoms with Gasteiger partial charge in [0, 0.05) is 34.6 Å². The first kappa shape index (κ1) is 20.6. The van der Waals surface area contributed by atoms with Crippen molar-refractivity contribution in [1.82, 2.24) is 9.99 Å². The van der Waals surface area contributed by atoms with Gasteiger partial charge in [-0.3, -0.25) is 14.9 Å². The summed E-state index contributed by atoms with van der Waals surface area (Å²) < 4.78 is 1.95. The number of nitrogens with zero attached hydrogens (tertiary/aromatic N) is 3. The number of hydrazone groups is 1. The molecule has 0 aliphatic heterocycles. The highest BCUT2D eigenvalue weighted by molar-refractivity contribution is 6.43. The maximum absolute atomic E-state index is 12.1. The van der Waals surface area contributed by atoms with Gasteiger partial charge in [0.15, 0.2) is 0 Å². The molecule has 0 saturated carbocycles. The molecule has 1 aromatic heterocycles. The van der Waals surface area contributed by atoms with Gasteiger partial charge in [0.05, 0.1) is 26.9 Å². The van der Waals surface area contributed by atoms with Crippen LogP contribution in [0.2, 0.25) is 10.0 Å². The minimum Gasteiger partial charge on any atom is -0.316 e. The fourth-order valence-electron chi connectivity index (χ4n) is 2.91. The van der Waals surface area contributed by atoms with Crippen molar-refractivity contribution in [1.29, 1.82) is 0 Å². The number of non-ortho nitro benzene ring substituents is 1. The lowest BCUT2D eigenvalue weighted by molar-refractivity contribution is -0.384. The molecule has 3 rings (SSSR count). The minimum atomic E-state index is -0.526. The zero-order valence-electron chi connectivity index (χ0n) is 15.5. The maximum atomic E-state index is 12.1. The Balaban J connectivity index is 1.79. The number of aryl methyl sites for hydroxylation is 1. The molecule has 0 unspecified atom stereocenters. The molecule has 0 bridgehead atoms. The van der Waals surface area contributed by atoms with Crippen molar-refractivity contribution in [2.45, 2.75) is 13.8 Å². The second-order valence-electron chi connectivity index (χ2n) is 6.24. The van der Waals surface area contributed by atoms with Crippen LogP contribution >= 0.6 is 23.2 Å². The molecule has 9 heteroatoms. The number of amides is 1. The van der Waals surface area contributed by atoms with Gasteiger partial charge < -0.3 is 4.57 Å². The fraction of sp³-hybridized carbons (Fsp3) is 0.100. The van der Waals surface area contributed by atoms with E-state index in [0.29, 0.717) is 10.0 Å². The quantitative estimate of drug-likeness (QED) is 0.347. The van der Waals surface area contributed by atoms with E-state index in [4.69, 9.17) is 23.2 Å². The SMILES string of the molecule is Cc1cc(/C=N\NC(=O)c2ccc([N+](=O)[O-])cc2)c(C)n1-c1cccc(Cl)c1Cl. The van der Waals surface area contributed by atoms with Crippen LogP contribution in [-0.2, 0) is 0 Å². The standard InChI is InChI=1S/C20H16Cl2N4O3/c1-12-10-15(13(2)25(12)18-5-3-4-17(21)19(18)22)11-23-24-20(27)14-6-8-16(9-7-14)26(28)29/h3-11H,1-2H3,(H,24,27)/b23-11-. The molecule has 2 aromatic carbocycles. The smallest absolute Gasteiger partial charge is 0.271 e. The Hall–Kier alpha value is -3.16. The summed E-state index contributed by atoms with van der Waals surface area (Å²) in [6.07, 6.45) is 1.53. The molecule has 0 saturated heterocycles. The molecule has 7 nitrogen and oxygen atoms in total. The molecule has 0 radical (unpaired) electrons. The Morgan fingerprint density at radius 2 is 1.86 bits per heavy atom. The number of aromatic nitrogens is 1. The van der Waals surface area contributed by atoms with Crippen molar-refractivity contribution < 1.29 is 9.72 Å². The third kappa shape index (κ3) is 4.31. The van der Waals surface area contributed by atoms with E-state index in [-0.39, 0.29) is 11.3 Å². The van der Waals surface area contributed by atoms with Gasteiger partial charge in [-0.2, -0.15) is 5.10 Å². The van der Waals surface area contributed by atoms with Crippen LogP contribution in [0.1, 0.15) is 27.3 Å². The second-order valence-corrected chi connectivity index (χ2v) is 7.02. The van der Waals surface area contributed by atoms with Gasteiger partial charge in [0.25, 0.3) is 11.6 Å². The number of nitro benzene ring substituents is 1. The largest absolute Gasteiger partial charge is 0.316 e. The highest BCUT2D eigenvalue weighted by Gasteiger charge is 2.14. The molecule has 0 fully saturated rings. The van der Waals surface area contributed by atoms with Gasteiger partial charge in [-0.1, -0.05) is 29.3 Å². The van der Waals surface area contributed by atoms with E-state index in [0.717, 1.165) is 22.6 Å². The van der Waals surface area contributed by atoms with Crippen LogP contribution in [0, 0.1) is 24.0 Å². The summed E-state index contributed by atoms with van der Waals surface area (Å²) in [7, 11) is 0. The molecule has 148 valence electrons. The molecule has 0 atom stereocenters. The molecule has 0 spiro atoms. The molecule has 1 heterocycles. The highest BCUT2D eigenvalue weighted by atomic mass is 35.5. The van der Waals surface area contributed by atoms with Gasteiger partial charge in [-0.15, -0.1) is 0 Å². The number of halogens is 2. The van der Waals surface area contributed by atoms with E-state index in [9.17, 15) is 14.9 Å². The third-order valence-electron chi connectivity index (χ3n) is 4.35. The average molecular weight is 431 g/mol. The second kappa shape index (κ2) is 8.46. The van der Waals surface area contributed by atoms with Crippen LogP contribution < -0.4 is 5.43 Å². The Bertz CT molecular complexity index is 1120. The van der Waals surface area contributed by atoms with Crippen molar-refractivity contribution in [2.75, 3.05) is 0 Å². The van der Waals surface area contributed by atoms with Gasteiger partial charge in [0.1, 0.15) is 0 Å². The molecule has 0 aliphatic rings. The minimum absolute atomic E-state index is 0.0860. The van der Waals surface area contributed by atoms with Gasteiger partial charge in [-0.05, 0) is 44.2 Å². The first-order valence-electron chi connectivity index (χ1n) is 8.50. The number of hydrogen-bond acceptors (Lipinski definition) is 4. The number of carbonyl (C=O) groups is 1. The predicted molar refractivity (Wildman–Crippen MR) is 113 cm³/mol. The van der Waals surface area contributed by atoms with E-state index < -0.39 is 10.8 Å². The van der Waals surface area contributed by atoms with Crippen molar-refractivity contribution in [2.24, 2.45) is 5.10 Å². The van der Waals surface area contributed by atoms with Gasteiger partial charge in [0.2, 0.25) is 0 Å². The van der Waals surface area contributed by atoms with Crippen LogP contribution in [0.5, 0.6) is 0 Å². The van der Waals surface area contributed by atoms with Crippen LogP contribution in [0.4, 0.5) is 5.69 Å². The van der Waals surface area contributed by atoms with E-state index >= 15 is 0 Å². The van der Waals surface area contributed by atoms with E-state index in [1.54, 1.807) is 6.07 Å². The molecule has 29 heavy (non-hydrogen) atoms. The summed E-state index contributed by atoms with van der Waals surface area (Å²) in [5, 5.41) is 15.6. The third-order valence-corrected chi connectivity index (χ3v) is 5.16. The number of nitro groups is 1. The normalized spacial score (nSPS) is 11.0. The van der Waals surface area contributed by atoms with Crippen LogP contribution in [-0.4, -0.2) is 21.6 Å². The summed E-state index contributed by atoms with van der Waals surface area (Å²) in [5.74, 6) is -0.470. The average Bonchev–Trinajstić information content (AvgIpc) is 2.97. The topological polar surface area (TPSA) is 89.5 Å². The van der Waals surface area contributed by atoms with E-state index in [1.165, 1.54) is 30.5 Å². The first-order valence-corrected chi connectivity index (χ1v) is 9.26. The van der Waals surface area contributed by atoms with Crippen LogP contribution in [0.25, 0.3) is 5.69 Å². The lowest BCUT2D eigenvalue weighted by Gasteiger charge is -2.12. The van der Waals surface area contributed by atoms with E-state index in [1.807, 2.05) is 36.6 Å². The summed E-state index contributed by atoms with van der Waals surface area (Å²) in [4.78, 5) is 22.3. The number of benzene rings is 2. The number of hydrogen-bond donors (Lipinski definition) is 1. The van der Waals surface area contributed by atoms with Crippen molar-refractivity contribution >= 4 is 41.0 Å². The lowest BCUT2D eigenvalue weighted by Crippen LogP contribution is -2.17. The zero-order valence-corrected chi connectivity index (χ0v) is 17.0. The Kier molecular flexibility index (Phi) is 6.00. The predicted octanol–water partition coefficient (Wildman–Crippen LogP) is 5.07. The highest BCUT2D eigenvalue weighted by Crippen LogP contribution is 2.31.